The van der Waals surface area contributed by atoms with E-state index in [9.17, 15) is 18.0 Å². The highest BCUT2D eigenvalue weighted by atomic mass is 19.4. The lowest BCUT2D eigenvalue weighted by atomic mass is 10.0. The van der Waals surface area contributed by atoms with Gasteiger partial charge in [-0.3, -0.25) is 9.48 Å². The highest BCUT2D eigenvalue weighted by molar-refractivity contribution is 6.07. The zero-order valence-electron chi connectivity index (χ0n) is 15.5. The molecule has 1 aliphatic heterocycles. The quantitative estimate of drug-likeness (QED) is 0.664. The van der Waals surface area contributed by atoms with Crippen LogP contribution in [0.3, 0.4) is 0 Å². The van der Waals surface area contributed by atoms with Gasteiger partial charge in [0.25, 0.3) is 5.91 Å². The molecule has 3 aromatic rings. The molecule has 0 saturated carbocycles. The van der Waals surface area contributed by atoms with E-state index in [-0.39, 0.29) is 18.5 Å². The minimum atomic E-state index is -4.43. The number of amides is 1. The summed E-state index contributed by atoms with van der Waals surface area (Å²) >= 11 is 0. The average Bonchev–Trinajstić information content (AvgIpc) is 3.29. The Morgan fingerprint density at radius 2 is 2.04 bits per heavy atom. The van der Waals surface area contributed by atoms with Gasteiger partial charge in [-0.15, -0.1) is 0 Å². The third-order valence-corrected chi connectivity index (χ3v) is 5.09. The first kappa shape index (κ1) is 18.5. The van der Waals surface area contributed by atoms with Crippen molar-refractivity contribution in [3.05, 3.63) is 47.8 Å². The van der Waals surface area contributed by atoms with Gasteiger partial charge in [0.2, 0.25) is 0 Å². The van der Waals surface area contributed by atoms with Crippen molar-refractivity contribution in [1.29, 1.82) is 0 Å². The van der Waals surface area contributed by atoms with Crippen molar-refractivity contribution in [2.75, 3.05) is 6.54 Å². The van der Waals surface area contributed by atoms with Crippen molar-refractivity contribution in [3.63, 3.8) is 0 Å². The molecule has 5 nitrogen and oxygen atoms in total. The van der Waals surface area contributed by atoms with Crippen molar-refractivity contribution < 1.29 is 18.0 Å². The summed E-state index contributed by atoms with van der Waals surface area (Å²) in [6.45, 7) is 1.97. The number of likely N-dealkylation sites (tertiary alicyclic amines) is 1. The molecule has 1 fully saturated rings. The van der Waals surface area contributed by atoms with Crippen LogP contribution in [0.5, 0.6) is 0 Å². The van der Waals surface area contributed by atoms with Gasteiger partial charge in [0.15, 0.2) is 0 Å². The van der Waals surface area contributed by atoms with E-state index in [1.807, 2.05) is 13.0 Å². The van der Waals surface area contributed by atoms with Gasteiger partial charge in [0.1, 0.15) is 6.04 Å². The Kier molecular flexibility index (Phi) is 4.36. The zero-order chi connectivity index (χ0) is 20.1. The number of benzene rings is 1. The van der Waals surface area contributed by atoms with Crippen molar-refractivity contribution in [2.45, 2.75) is 32.0 Å². The fourth-order valence-corrected chi connectivity index (χ4v) is 3.72. The molecule has 1 aliphatic rings. The van der Waals surface area contributed by atoms with Crippen LogP contribution in [-0.4, -0.2) is 44.3 Å². The first-order valence-corrected chi connectivity index (χ1v) is 9.02. The molecule has 0 radical (unpaired) electrons. The average molecular weight is 388 g/mol. The fourth-order valence-electron chi connectivity index (χ4n) is 3.72. The Hall–Kier alpha value is -2.90. The van der Waals surface area contributed by atoms with Gasteiger partial charge in [-0.2, -0.15) is 18.3 Å². The maximum absolute atomic E-state index is 13.4. The smallest absolute Gasteiger partial charge is 0.327 e. The largest absolute Gasteiger partial charge is 0.408 e. The number of carbonyl (C=O) groups is 1. The van der Waals surface area contributed by atoms with E-state index in [0.717, 1.165) is 10.5 Å². The van der Waals surface area contributed by atoms with E-state index < -0.39 is 18.1 Å². The Morgan fingerprint density at radius 3 is 2.71 bits per heavy atom. The Bertz CT molecular complexity index is 1060. The summed E-state index contributed by atoms with van der Waals surface area (Å²) in [4.78, 5) is 18.7. The van der Waals surface area contributed by atoms with Crippen LogP contribution in [0.15, 0.2) is 36.7 Å². The standard InChI is InChI=1S/C20H19F3N4O/c1-12-5-6-16-14(8-12)15(9-17(25-16)13-10-24-26(2)11-13)19(28)27-7-3-4-18(27)20(21,22)23/h5-6,8-11,18H,3-4,7H2,1-2H3/t18-/m1/s1. The lowest BCUT2D eigenvalue weighted by molar-refractivity contribution is -0.169. The van der Waals surface area contributed by atoms with E-state index in [0.29, 0.717) is 28.6 Å². The maximum Gasteiger partial charge on any atom is 0.408 e. The van der Waals surface area contributed by atoms with Crippen molar-refractivity contribution in [1.82, 2.24) is 19.7 Å². The van der Waals surface area contributed by atoms with Gasteiger partial charge in [-0.1, -0.05) is 11.6 Å². The molecule has 4 rings (SSSR count). The van der Waals surface area contributed by atoms with Gasteiger partial charge in [-0.25, -0.2) is 4.98 Å². The van der Waals surface area contributed by atoms with Crippen molar-refractivity contribution >= 4 is 16.8 Å². The normalized spacial score (nSPS) is 17.5. The predicted octanol–water partition coefficient (Wildman–Crippen LogP) is 4.11. The minimum Gasteiger partial charge on any atom is -0.327 e. The first-order chi connectivity index (χ1) is 13.2. The number of aromatic nitrogens is 3. The predicted molar refractivity (Wildman–Crippen MR) is 98.8 cm³/mol. The second-order valence-electron chi connectivity index (χ2n) is 7.18. The SMILES string of the molecule is Cc1ccc2nc(-c3cnn(C)c3)cc(C(=O)N3CCC[C@@H]3C(F)(F)F)c2c1. The fraction of sp³-hybridized carbons (Fsp3) is 0.350. The molecule has 1 aromatic carbocycles. The summed E-state index contributed by atoms with van der Waals surface area (Å²) in [6.07, 6.45) is -0.784. The van der Waals surface area contributed by atoms with Crippen molar-refractivity contribution in [3.8, 4) is 11.3 Å². The number of hydrogen-bond donors (Lipinski definition) is 0. The van der Waals surface area contributed by atoms with Gasteiger partial charge in [0.05, 0.1) is 23.0 Å². The lowest BCUT2D eigenvalue weighted by Crippen LogP contribution is -2.44. The molecule has 8 heteroatoms. The van der Waals surface area contributed by atoms with Gasteiger partial charge >= 0.3 is 6.18 Å². The maximum atomic E-state index is 13.4. The first-order valence-electron chi connectivity index (χ1n) is 9.02. The van der Waals surface area contributed by atoms with Crippen LogP contribution in [-0.2, 0) is 7.05 Å². The summed E-state index contributed by atoms with van der Waals surface area (Å²) in [6, 6.07) is 5.28. The number of halogens is 3. The highest BCUT2D eigenvalue weighted by Crippen LogP contribution is 2.35. The number of alkyl halides is 3. The van der Waals surface area contributed by atoms with E-state index in [2.05, 4.69) is 10.1 Å². The number of fused-ring (bicyclic) bond motifs is 1. The summed E-state index contributed by atoms with van der Waals surface area (Å²) in [5.41, 5.74) is 2.93. The topological polar surface area (TPSA) is 51.0 Å². The summed E-state index contributed by atoms with van der Waals surface area (Å²) in [7, 11) is 1.76. The van der Waals surface area contributed by atoms with E-state index in [1.165, 1.54) is 0 Å². The highest BCUT2D eigenvalue weighted by Gasteiger charge is 2.48. The molecule has 0 spiro atoms. The monoisotopic (exact) mass is 388 g/mol. The number of pyridine rings is 1. The van der Waals surface area contributed by atoms with Gasteiger partial charge in [-0.05, 0) is 38.0 Å². The van der Waals surface area contributed by atoms with Crippen LogP contribution in [0.25, 0.3) is 22.2 Å². The summed E-state index contributed by atoms with van der Waals surface area (Å²) < 4.78 is 41.8. The molecule has 0 aliphatic carbocycles. The molecule has 0 N–H and O–H groups in total. The Balaban J connectivity index is 1.86. The molecule has 1 atom stereocenters. The molecule has 0 unspecified atom stereocenters. The van der Waals surface area contributed by atoms with E-state index in [4.69, 9.17) is 0 Å². The Labute approximate surface area is 159 Å². The van der Waals surface area contributed by atoms with E-state index >= 15 is 0 Å². The molecular formula is C20H19F3N4O. The number of rotatable bonds is 2. The number of nitrogens with zero attached hydrogens (tertiary/aromatic N) is 4. The third-order valence-electron chi connectivity index (χ3n) is 5.09. The van der Waals surface area contributed by atoms with Crippen LogP contribution in [0.4, 0.5) is 13.2 Å². The van der Waals surface area contributed by atoms with Crippen molar-refractivity contribution in [2.24, 2.45) is 7.05 Å². The number of hydrogen-bond acceptors (Lipinski definition) is 3. The van der Waals surface area contributed by atoms with E-state index in [1.54, 1.807) is 42.3 Å². The third kappa shape index (κ3) is 3.23. The molecular weight excluding hydrogens is 369 g/mol. The zero-order valence-corrected chi connectivity index (χ0v) is 15.5. The number of carbonyl (C=O) groups excluding carboxylic acids is 1. The van der Waals surface area contributed by atoms with Crippen LogP contribution in [0.2, 0.25) is 0 Å². The summed E-state index contributed by atoms with van der Waals surface area (Å²) in [5.74, 6) is -0.608. The molecule has 146 valence electrons. The van der Waals surface area contributed by atoms with Gasteiger partial charge in [0, 0.05) is 30.7 Å². The second-order valence-corrected chi connectivity index (χ2v) is 7.18. The molecule has 1 saturated heterocycles. The Morgan fingerprint density at radius 1 is 1.25 bits per heavy atom. The lowest BCUT2D eigenvalue weighted by Gasteiger charge is -2.27. The molecule has 28 heavy (non-hydrogen) atoms. The summed E-state index contributed by atoms with van der Waals surface area (Å²) in [5, 5.41) is 4.68. The minimum absolute atomic E-state index is 0.0628. The number of aryl methyl sites for hydroxylation is 2. The van der Waals surface area contributed by atoms with Crippen LogP contribution >= 0.6 is 0 Å². The molecule has 0 bridgehead atoms. The van der Waals surface area contributed by atoms with Gasteiger partial charge < -0.3 is 4.90 Å². The molecule has 3 heterocycles. The molecule has 1 amide bonds. The van der Waals surface area contributed by atoms with Crippen LogP contribution in [0, 0.1) is 6.92 Å². The second kappa shape index (κ2) is 6.61. The van der Waals surface area contributed by atoms with Crippen LogP contribution < -0.4 is 0 Å². The van der Waals surface area contributed by atoms with Crippen LogP contribution in [0.1, 0.15) is 28.8 Å². The molecule has 2 aromatic heterocycles.